The molecule has 1 fully saturated rings. The van der Waals surface area contributed by atoms with Gasteiger partial charge in [0, 0.05) is 32.3 Å². The lowest BCUT2D eigenvalue weighted by Gasteiger charge is -2.19. The lowest BCUT2D eigenvalue weighted by molar-refractivity contribution is -0.155. The molecule has 162 valence electrons. The second-order valence-corrected chi connectivity index (χ2v) is 7.06. The van der Waals surface area contributed by atoms with E-state index in [1.165, 1.54) is 0 Å². The zero-order chi connectivity index (χ0) is 21.6. The number of carbonyl (C=O) groups excluding carboxylic acids is 2. The van der Waals surface area contributed by atoms with Crippen molar-refractivity contribution in [3.8, 4) is 0 Å². The molecular formula is C19H28FN3O6. The summed E-state index contributed by atoms with van der Waals surface area (Å²) >= 11 is 0. The van der Waals surface area contributed by atoms with E-state index in [9.17, 15) is 23.6 Å². The number of aromatic amines is 1. The van der Waals surface area contributed by atoms with Gasteiger partial charge in [0.05, 0.1) is 6.42 Å². The minimum absolute atomic E-state index is 0.0246. The second-order valence-electron chi connectivity index (χ2n) is 7.06. The van der Waals surface area contributed by atoms with Crippen LogP contribution in [-0.2, 0) is 19.1 Å². The largest absolute Gasteiger partial charge is 0.456 e. The van der Waals surface area contributed by atoms with Crippen molar-refractivity contribution in [2.75, 3.05) is 13.6 Å². The third-order valence-corrected chi connectivity index (χ3v) is 4.88. The highest BCUT2D eigenvalue weighted by atomic mass is 19.1. The Kier molecular flexibility index (Phi) is 8.12. The normalized spacial score (nSPS) is 23.7. The van der Waals surface area contributed by atoms with Gasteiger partial charge in [0.1, 0.15) is 6.10 Å². The summed E-state index contributed by atoms with van der Waals surface area (Å²) in [6.07, 6.45) is -1.94. The smallest absolute Gasteiger partial charge is 0.330 e. The Morgan fingerprint density at radius 1 is 1.31 bits per heavy atom. The van der Waals surface area contributed by atoms with Gasteiger partial charge in [-0.15, -0.1) is 0 Å². The third kappa shape index (κ3) is 5.75. The Bertz CT molecular complexity index is 823. The van der Waals surface area contributed by atoms with E-state index in [-0.39, 0.29) is 18.7 Å². The van der Waals surface area contributed by atoms with Crippen molar-refractivity contribution in [3.05, 3.63) is 33.1 Å². The lowest BCUT2D eigenvalue weighted by Crippen LogP contribution is -2.37. The van der Waals surface area contributed by atoms with Gasteiger partial charge < -0.3 is 14.4 Å². The van der Waals surface area contributed by atoms with Gasteiger partial charge in [-0.2, -0.15) is 0 Å². The first-order valence-corrected chi connectivity index (χ1v) is 9.82. The number of halogens is 1. The maximum atomic E-state index is 15.0. The third-order valence-electron chi connectivity index (χ3n) is 4.88. The number of alkyl halides is 1. The van der Waals surface area contributed by atoms with E-state index in [1.807, 2.05) is 11.9 Å². The maximum absolute atomic E-state index is 15.0. The van der Waals surface area contributed by atoms with Gasteiger partial charge in [-0.25, -0.2) is 9.18 Å². The molecule has 1 aliphatic rings. The van der Waals surface area contributed by atoms with Crippen LogP contribution in [0.3, 0.4) is 0 Å². The molecule has 1 saturated heterocycles. The molecule has 0 saturated carbocycles. The first-order valence-electron chi connectivity index (χ1n) is 9.82. The number of unbranched alkanes of at least 4 members (excludes halogenated alkanes) is 1. The number of carbonyl (C=O) groups is 2. The van der Waals surface area contributed by atoms with Crippen molar-refractivity contribution in [1.82, 2.24) is 14.5 Å². The second kappa shape index (κ2) is 10.3. The molecule has 2 rings (SSSR count). The van der Waals surface area contributed by atoms with E-state index in [0.29, 0.717) is 13.0 Å². The average Bonchev–Trinajstić information content (AvgIpc) is 2.99. The SMILES string of the molecule is CCCCN(C)C(=O)CCC(=O)O[C@@H]1C(F)[C@H](n2ccc(=O)[nH]c2=O)O[C@@H]1CC. The average molecular weight is 413 g/mol. The van der Waals surface area contributed by atoms with Crippen molar-refractivity contribution >= 4 is 11.9 Å². The summed E-state index contributed by atoms with van der Waals surface area (Å²) < 4.78 is 26.7. The van der Waals surface area contributed by atoms with Gasteiger partial charge in [0.2, 0.25) is 5.91 Å². The van der Waals surface area contributed by atoms with Crippen molar-refractivity contribution in [3.63, 3.8) is 0 Å². The monoisotopic (exact) mass is 413 g/mol. The van der Waals surface area contributed by atoms with Crippen LogP contribution in [-0.4, -0.2) is 58.3 Å². The summed E-state index contributed by atoms with van der Waals surface area (Å²) in [5, 5.41) is 0. The van der Waals surface area contributed by atoms with E-state index in [2.05, 4.69) is 0 Å². The summed E-state index contributed by atoms with van der Waals surface area (Å²) in [4.78, 5) is 50.9. The predicted octanol–water partition coefficient (Wildman–Crippen LogP) is 1.13. The summed E-state index contributed by atoms with van der Waals surface area (Å²) in [5.74, 6) is -0.883. The molecule has 0 aliphatic carbocycles. The molecule has 1 N–H and O–H groups in total. The number of nitrogens with one attached hydrogen (secondary N) is 1. The van der Waals surface area contributed by atoms with E-state index in [4.69, 9.17) is 9.47 Å². The number of aromatic nitrogens is 2. The molecular weight excluding hydrogens is 385 g/mol. The standard InChI is InChI=1S/C19H28FN3O6/c1-4-6-10-22(3)14(25)7-8-15(26)29-17-12(5-2)28-18(16(17)20)23-11-9-13(24)21-19(23)27/h9,11-12,16-18H,4-8,10H2,1-3H3,(H,21,24,27)/t12-,16?,17+,18-/m1/s1. The maximum Gasteiger partial charge on any atom is 0.330 e. The fraction of sp³-hybridized carbons (Fsp3) is 0.684. The zero-order valence-corrected chi connectivity index (χ0v) is 16.9. The van der Waals surface area contributed by atoms with Crippen LogP contribution < -0.4 is 11.2 Å². The summed E-state index contributed by atoms with van der Waals surface area (Å²) in [7, 11) is 1.67. The summed E-state index contributed by atoms with van der Waals surface area (Å²) in [6, 6.07) is 1.08. The van der Waals surface area contributed by atoms with Crippen molar-refractivity contribution in [2.45, 2.75) is 70.6 Å². The quantitative estimate of drug-likeness (QED) is 0.608. The minimum atomic E-state index is -1.80. The Balaban J connectivity index is 1.98. The Morgan fingerprint density at radius 3 is 2.66 bits per heavy atom. The van der Waals surface area contributed by atoms with Gasteiger partial charge in [-0.1, -0.05) is 20.3 Å². The van der Waals surface area contributed by atoms with E-state index < -0.39 is 41.8 Å². The first kappa shape index (κ1) is 22.8. The summed E-state index contributed by atoms with van der Waals surface area (Å²) in [5.41, 5.74) is -1.42. The molecule has 0 bridgehead atoms. The molecule has 1 amide bonds. The van der Waals surface area contributed by atoms with E-state index in [0.717, 1.165) is 29.7 Å². The number of H-pyrrole nitrogens is 1. The van der Waals surface area contributed by atoms with Crippen LogP contribution in [0.25, 0.3) is 0 Å². The Labute approximate surface area is 167 Å². The van der Waals surface area contributed by atoms with Gasteiger partial charge in [0.15, 0.2) is 18.5 Å². The predicted molar refractivity (Wildman–Crippen MR) is 102 cm³/mol. The Hall–Kier alpha value is -2.49. The van der Waals surface area contributed by atoms with Gasteiger partial charge in [0.25, 0.3) is 5.56 Å². The van der Waals surface area contributed by atoms with Gasteiger partial charge in [-0.05, 0) is 12.8 Å². The number of hydrogen-bond acceptors (Lipinski definition) is 6. The molecule has 4 atom stereocenters. The zero-order valence-electron chi connectivity index (χ0n) is 16.9. The first-order chi connectivity index (χ1) is 13.8. The highest BCUT2D eigenvalue weighted by Crippen LogP contribution is 2.34. The van der Waals surface area contributed by atoms with Crippen LogP contribution in [0, 0.1) is 0 Å². The molecule has 9 nitrogen and oxygen atoms in total. The van der Waals surface area contributed by atoms with Crippen LogP contribution in [0.1, 0.15) is 52.2 Å². The molecule has 29 heavy (non-hydrogen) atoms. The molecule has 10 heteroatoms. The number of amides is 1. The highest BCUT2D eigenvalue weighted by molar-refractivity contribution is 5.81. The molecule has 1 aliphatic heterocycles. The Morgan fingerprint density at radius 2 is 2.03 bits per heavy atom. The van der Waals surface area contributed by atoms with Crippen molar-refractivity contribution < 1.29 is 23.5 Å². The number of hydrogen-bond donors (Lipinski definition) is 1. The topological polar surface area (TPSA) is 111 Å². The fourth-order valence-corrected chi connectivity index (χ4v) is 3.15. The van der Waals surface area contributed by atoms with Gasteiger partial charge >= 0.3 is 11.7 Å². The fourth-order valence-electron chi connectivity index (χ4n) is 3.15. The van der Waals surface area contributed by atoms with Gasteiger partial charge in [-0.3, -0.25) is 23.9 Å². The molecule has 2 heterocycles. The highest BCUT2D eigenvalue weighted by Gasteiger charge is 2.48. The number of esters is 1. The summed E-state index contributed by atoms with van der Waals surface area (Å²) in [6.45, 7) is 4.37. The van der Waals surface area contributed by atoms with E-state index in [1.54, 1.807) is 18.9 Å². The number of ether oxygens (including phenoxy) is 2. The molecule has 1 unspecified atom stereocenters. The van der Waals surface area contributed by atoms with Crippen molar-refractivity contribution in [1.29, 1.82) is 0 Å². The molecule has 0 spiro atoms. The molecule has 0 radical (unpaired) electrons. The van der Waals surface area contributed by atoms with Crippen LogP contribution >= 0.6 is 0 Å². The minimum Gasteiger partial charge on any atom is -0.456 e. The van der Waals surface area contributed by atoms with Crippen LogP contribution in [0.2, 0.25) is 0 Å². The number of nitrogens with zero attached hydrogens (tertiary/aromatic N) is 2. The van der Waals surface area contributed by atoms with E-state index >= 15 is 0 Å². The molecule has 1 aromatic rings. The molecule has 1 aromatic heterocycles. The van der Waals surface area contributed by atoms with Crippen LogP contribution in [0.4, 0.5) is 4.39 Å². The van der Waals surface area contributed by atoms with Crippen LogP contribution in [0.15, 0.2) is 21.9 Å². The van der Waals surface area contributed by atoms with Crippen LogP contribution in [0.5, 0.6) is 0 Å². The van der Waals surface area contributed by atoms with Crippen molar-refractivity contribution in [2.24, 2.45) is 0 Å². The molecule has 0 aromatic carbocycles. The lowest BCUT2D eigenvalue weighted by atomic mass is 10.1. The number of rotatable bonds is 9.